The number of nitrogens with one attached hydrogen (secondary N) is 1. The van der Waals surface area contributed by atoms with Crippen molar-refractivity contribution >= 4 is 22.8 Å². The normalized spacial score (nSPS) is 16.0. The molecule has 0 atom stereocenters. The number of methoxy groups -OCH3 is 1. The van der Waals surface area contributed by atoms with Gasteiger partial charge in [-0.25, -0.2) is 0 Å². The lowest BCUT2D eigenvalue weighted by atomic mass is 9.97. The predicted molar refractivity (Wildman–Crippen MR) is 83.7 cm³/mol. The van der Waals surface area contributed by atoms with Crippen molar-refractivity contribution in [1.29, 1.82) is 0 Å². The molecule has 1 amide bonds. The van der Waals surface area contributed by atoms with Gasteiger partial charge >= 0.3 is 5.97 Å². The number of fused-ring (bicyclic) bond motifs is 1. The number of ether oxygens (including phenoxy) is 1. The molecule has 2 aromatic rings. The van der Waals surface area contributed by atoms with Crippen molar-refractivity contribution in [1.82, 2.24) is 9.88 Å². The Hall–Kier alpha value is -2.30. The van der Waals surface area contributed by atoms with Crippen LogP contribution < -0.4 is 0 Å². The standard InChI is InChI=1S/C17H20N2O3/c1-11-3-4-13-10-15(18-14(13)9-11)16(20)19-7-5-12(6-8-19)17(21)22-2/h3-4,9-10,12,18H,5-8H2,1-2H3. The fourth-order valence-electron chi connectivity index (χ4n) is 3.01. The molecule has 1 N–H and O–H groups in total. The molecule has 3 rings (SSSR count). The molecule has 0 bridgehead atoms. The number of carbonyl (C=O) groups is 2. The van der Waals surface area contributed by atoms with Gasteiger partial charge in [-0.1, -0.05) is 12.1 Å². The van der Waals surface area contributed by atoms with Crippen LogP contribution in [0, 0.1) is 12.8 Å². The van der Waals surface area contributed by atoms with Crippen LogP contribution in [0.15, 0.2) is 24.3 Å². The Morgan fingerprint density at radius 1 is 1.23 bits per heavy atom. The molecule has 1 fully saturated rings. The summed E-state index contributed by atoms with van der Waals surface area (Å²) in [7, 11) is 1.41. The van der Waals surface area contributed by atoms with Crippen LogP contribution in [0.4, 0.5) is 0 Å². The molecule has 0 aliphatic carbocycles. The van der Waals surface area contributed by atoms with Gasteiger partial charge < -0.3 is 14.6 Å². The van der Waals surface area contributed by atoms with E-state index in [-0.39, 0.29) is 17.8 Å². The average molecular weight is 300 g/mol. The number of likely N-dealkylation sites (tertiary alicyclic amines) is 1. The number of esters is 1. The van der Waals surface area contributed by atoms with E-state index in [4.69, 9.17) is 4.74 Å². The van der Waals surface area contributed by atoms with Crippen LogP contribution in [0.1, 0.15) is 28.9 Å². The Morgan fingerprint density at radius 3 is 2.64 bits per heavy atom. The van der Waals surface area contributed by atoms with Gasteiger partial charge in [-0.15, -0.1) is 0 Å². The van der Waals surface area contributed by atoms with Crippen molar-refractivity contribution in [3.05, 3.63) is 35.5 Å². The van der Waals surface area contributed by atoms with Crippen molar-refractivity contribution in [2.75, 3.05) is 20.2 Å². The number of aromatic nitrogens is 1. The second-order valence-corrected chi connectivity index (χ2v) is 5.86. The highest BCUT2D eigenvalue weighted by Gasteiger charge is 2.28. The van der Waals surface area contributed by atoms with Crippen molar-refractivity contribution in [2.24, 2.45) is 5.92 Å². The number of rotatable bonds is 2. The highest BCUT2D eigenvalue weighted by Crippen LogP contribution is 2.22. The van der Waals surface area contributed by atoms with Gasteiger partial charge in [-0.05, 0) is 37.5 Å². The average Bonchev–Trinajstić information content (AvgIpc) is 2.96. The van der Waals surface area contributed by atoms with Crippen LogP contribution in [-0.2, 0) is 9.53 Å². The molecule has 0 spiro atoms. The van der Waals surface area contributed by atoms with E-state index in [1.165, 1.54) is 7.11 Å². The Kier molecular flexibility index (Phi) is 3.88. The predicted octanol–water partition coefficient (Wildman–Crippen LogP) is 2.50. The smallest absolute Gasteiger partial charge is 0.308 e. The third-order valence-electron chi connectivity index (χ3n) is 4.33. The van der Waals surface area contributed by atoms with Crippen molar-refractivity contribution in [3.63, 3.8) is 0 Å². The Labute approximate surface area is 129 Å². The molecule has 1 aromatic heterocycles. The van der Waals surface area contributed by atoms with Gasteiger partial charge in [0.1, 0.15) is 5.69 Å². The van der Waals surface area contributed by atoms with Crippen LogP contribution in [-0.4, -0.2) is 42.0 Å². The number of nitrogens with zero attached hydrogens (tertiary/aromatic N) is 1. The van der Waals surface area contributed by atoms with E-state index in [0.29, 0.717) is 31.6 Å². The SMILES string of the molecule is COC(=O)C1CCN(C(=O)c2cc3ccc(C)cc3[nH]2)CC1. The fraction of sp³-hybridized carbons (Fsp3) is 0.412. The molecule has 1 aliphatic rings. The molecule has 22 heavy (non-hydrogen) atoms. The van der Waals surface area contributed by atoms with Gasteiger partial charge in [0.25, 0.3) is 5.91 Å². The van der Waals surface area contributed by atoms with E-state index < -0.39 is 0 Å². The molecule has 0 saturated carbocycles. The monoisotopic (exact) mass is 300 g/mol. The largest absolute Gasteiger partial charge is 0.469 e. The van der Waals surface area contributed by atoms with Gasteiger partial charge in [0.2, 0.25) is 0 Å². The molecule has 0 unspecified atom stereocenters. The van der Waals surface area contributed by atoms with E-state index in [1.54, 1.807) is 4.90 Å². The number of hydrogen-bond donors (Lipinski definition) is 1. The van der Waals surface area contributed by atoms with Crippen LogP contribution >= 0.6 is 0 Å². The number of carbonyl (C=O) groups excluding carboxylic acids is 2. The maximum Gasteiger partial charge on any atom is 0.308 e. The number of aromatic amines is 1. The molecule has 2 heterocycles. The molecular weight excluding hydrogens is 280 g/mol. The van der Waals surface area contributed by atoms with Gasteiger partial charge in [-0.2, -0.15) is 0 Å². The summed E-state index contributed by atoms with van der Waals surface area (Å²) in [4.78, 5) is 29.1. The summed E-state index contributed by atoms with van der Waals surface area (Å²) in [6, 6.07) is 7.98. The lowest BCUT2D eigenvalue weighted by Crippen LogP contribution is -2.40. The van der Waals surface area contributed by atoms with Gasteiger partial charge in [-0.3, -0.25) is 9.59 Å². The van der Waals surface area contributed by atoms with Crippen LogP contribution in [0.5, 0.6) is 0 Å². The van der Waals surface area contributed by atoms with Gasteiger partial charge in [0.15, 0.2) is 0 Å². The number of benzene rings is 1. The summed E-state index contributed by atoms with van der Waals surface area (Å²) >= 11 is 0. The molecule has 1 aromatic carbocycles. The minimum atomic E-state index is -0.173. The lowest BCUT2D eigenvalue weighted by molar-refractivity contribution is -0.146. The molecule has 5 heteroatoms. The summed E-state index contributed by atoms with van der Waals surface area (Å²) in [6.07, 6.45) is 1.33. The number of H-pyrrole nitrogens is 1. The summed E-state index contributed by atoms with van der Waals surface area (Å²) in [6.45, 7) is 3.21. The highest BCUT2D eigenvalue weighted by atomic mass is 16.5. The zero-order chi connectivity index (χ0) is 15.7. The topological polar surface area (TPSA) is 62.4 Å². The quantitative estimate of drug-likeness (QED) is 0.867. The third-order valence-corrected chi connectivity index (χ3v) is 4.33. The second kappa shape index (κ2) is 5.83. The second-order valence-electron chi connectivity index (χ2n) is 5.86. The summed E-state index contributed by atoms with van der Waals surface area (Å²) in [5.41, 5.74) is 2.75. The number of amides is 1. The molecule has 0 radical (unpaired) electrons. The van der Waals surface area contributed by atoms with E-state index in [1.807, 2.05) is 31.2 Å². The molecule has 1 saturated heterocycles. The van der Waals surface area contributed by atoms with Crippen molar-refractivity contribution in [2.45, 2.75) is 19.8 Å². The van der Waals surface area contributed by atoms with Crippen molar-refractivity contribution < 1.29 is 14.3 Å². The number of piperidine rings is 1. The first-order valence-electron chi connectivity index (χ1n) is 7.55. The van der Waals surface area contributed by atoms with E-state index in [0.717, 1.165) is 16.5 Å². The van der Waals surface area contributed by atoms with E-state index in [9.17, 15) is 9.59 Å². The Bertz CT molecular complexity index is 712. The zero-order valence-electron chi connectivity index (χ0n) is 12.9. The van der Waals surface area contributed by atoms with E-state index in [2.05, 4.69) is 4.98 Å². The molecule has 1 aliphatic heterocycles. The lowest BCUT2D eigenvalue weighted by Gasteiger charge is -2.30. The Morgan fingerprint density at radius 2 is 1.95 bits per heavy atom. The molecular formula is C17H20N2O3. The highest BCUT2D eigenvalue weighted by molar-refractivity contribution is 5.98. The first-order chi connectivity index (χ1) is 10.6. The number of hydrogen-bond acceptors (Lipinski definition) is 3. The van der Waals surface area contributed by atoms with Gasteiger partial charge in [0.05, 0.1) is 13.0 Å². The van der Waals surface area contributed by atoms with Crippen LogP contribution in [0.2, 0.25) is 0 Å². The van der Waals surface area contributed by atoms with Crippen molar-refractivity contribution in [3.8, 4) is 0 Å². The summed E-state index contributed by atoms with van der Waals surface area (Å²) in [5.74, 6) is -0.259. The fourth-order valence-corrected chi connectivity index (χ4v) is 3.01. The summed E-state index contributed by atoms with van der Waals surface area (Å²) in [5, 5.41) is 1.04. The van der Waals surface area contributed by atoms with Crippen LogP contribution in [0.3, 0.4) is 0 Å². The maximum atomic E-state index is 12.6. The Balaban J connectivity index is 1.72. The number of aryl methyl sites for hydroxylation is 1. The molecule has 116 valence electrons. The third kappa shape index (κ3) is 2.71. The first-order valence-corrected chi connectivity index (χ1v) is 7.55. The first kappa shape index (κ1) is 14.6. The van der Waals surface area contributed by atoms with E-state index >= 15 is 0 Å². The molecule has 5 nitrogen and oxygen atoms in total. The van der Waals surface area contributed by atoms with Gasteiger partial charge in [0, 0.05) is 24.0 Å². The minimum absolute atomic E-state index is 0.00262. The van der Waals surface area contributed by atoms with Crippen LogP contribution in [0.25, 0.3) is 10.9 Å². The minimum Gasteiger partial charge on any atom is -0.469 e. The zero-order valence-corrected chi connectivity index (χ0v) is 12.9. The maximum absolute atomic E-state index is 12.6. The summed E-state index contributed by atoms with van der Waals surface area (Å²) < 4.78 is 4.77.